The molecular weight excluding hydrogens is 325 g/mol. The molecule has 1 N–H and O–H groups in total. The zero-order valence-corrected chi connectivity index (χ0v) is 13.7. The largest absolute Gasteiger partial charge is 0.381 e. The van der Waals surface area contributed by atoms with Gasteiger partial charge in [-0.2, -0.15) is 0 Å². The molecule has 3 heterocycles. The van der Waals surface area contributed by atoms with Gasteiger partial charge >= 0.3 is 0 Å². The quantitative estimate of drug-likeness (QED) is 0.916. The number of hydrogen-bond acceptors (Lipinski definition) is 4. The van der Waals surface area contributed by atoms with Crippen molar-refractivity contribution in [3.8, 4) is 0 Å². The topological polar surface area (TPSA) is 54.5 Å². The lowest BCUT2D eigenvalue weighted by Gasteiger charge is -2.24. The van der Waals surface area contributed by atoms with Gasteiger partial charge in [-0.05, 0) is 25.3 Å². The summed E-state index contributed by atoms with van der Waals surface area (Å²) in [5, 5.41) is 4.18. The smallest absolute Gasteiger partial charge is 0.225 e. The maximum Gasteiger partial charge on any atom is 0.225 e. The number of anilines is 1. The molecule has 0 saturated carbocycles. The SMILES string of the molecule is O=C(NC1CCOCC1)C1CCN(c2ncc(Cl)cc2Cl)C1. The summed E-state index contributed by atoms with van der Waals surface area (Å²) in [6.07, 6.45) is 4.19. The van der Waals surface area contributed by atoms with E-state index in [1.54, 1.807) is 12.3 Å². The molecule has 5 nitrogen and oxygen atoms in total. The molecule has 1 amide bonds. The van der Waals surface area contributed by atoms with E-state index in [0.717, 1.165) is 39.0 Å². The lowest BCUT2D eigenvalue weighted by molar-refractivity contribution is -0.125. The summed E-state index contributed by atoms with van der Waals surface area (Å²) in [5.41, 5.74) is 0. The molecule has 22 heavy (non-hydrogen) atoms. The Kier molecular flexibility index (Phi) is 5.06. The number of carbonyl (C=O) groups excluding carboxylic acids is 1. The number of pyridine rings is 1. The minimum atomic E-state index is -0.0172. The first-order chi connectivity index (χ1) is 10.6. The van der Waals surface area contributed by atoms with E-state index in [1.165, 1.54) is 0 Å². The van der Waals surface area contributed by atoms with Crippen LogP contribution in [0.4, 0.5) is 5.82 Å². The molecule has 2 aliphatic heterocycles. The van der Waals surface area contributed by atoms with E-state index in [0.29, 0.717) is 22.4 Å². The highest BCUT2D eigenvalue weighted by molar-refractivity contribution is 6.36. The van der Waals surface area contributed by atoms with Crippen molar-refractivity contribution >= 4 is 34.9 Å². The fraction of sp³-hybridized carbons (Fsp3) is 0.600. The molecule has 1 atom stereocenters. The Balaban J connectivity index is 1.58. The summed E-state index contributed by atoms with van der Waals surface area (Å²) in [5.74, 6) is 0.809. The van der Waals surface area contributed by atoms with Crippen molar-refractivity contribution in [1.29, 1.82) is 0 Å². The van der Waals surface area contributed by atoms with Gasteiger partial charge in [0.1, 0.15) is 5.82 Å². The standard InChI is InChI=1S/C15H19Cl2N3O2/c16-11-7-13(17)14(18-8-11)20-4-1-10(9-20)15(21)19-12-2-5-22-6-3-12/h7-8,10,12H,1-6,9H2,(H,19,21). The maximum absolute atomic E-state index is 12.4. The minimum Gasteiger partial charge on any atom is -0.381 e. The fourth-order valence-corrected chi connectivity index (χ4v) is 3.47. The molecule has 1 aromatic heterocycles. The van der Waals surface area contributed by atoms with E-state index in [9.17, 15) is 4.79 Å². The Morgan fingerprint density at radius 2 is 2.09 bits per heavy atom. The fourth-order valence-electron chi connectivity index (χ4n) is 2.97. The number of ether oxygens (including phenoxy) is 1. The summed E-state index contributed by atoms with van der Waals surface area (Å²) < 4.78 is 5.31. The average Bonchev–Trinajstić information content (AvgIpc) is 2.98. The van der Waals surface area contributed by atoms with Gasteiger partial charge in [-0.1, -0.05) is 23.2 Å². The van der Waals surface area contributed by atoms with Gasteiger partial charge in [0.25, 0.3) is 0 Å². The molecule has 0 aromatic carbocycles. The number of aromatic nitrogens is 1. The molecule has 1 unspecified atom stereocenters. The number of nitrogens with one attached hydrogen (secondary N) is 1. The highest BCUT2D eigenvalue weighted by Crippen LogP contribution is 2.30. The molecule has 0 radical (unpaired) electrons. The van der Waals surface area contributed by atoms with Crippen molar-refractivity contribution in [1.82, 2.24) is 10.3 Å². The third-order valence-corrected chi connectivity index (χ3v) is 4.70. The first-order valence-electron chi connectivity index (χ1n) is 7.57. The molecule has 2 aliphatic rings. The number of amides is 1. The monoisotopic (exact) mass is 343 g/mol. The molecule has 0 bridgehead atoms. The molecule has 1 aromatic rings. The summed E-state index contributed by atoms with van der Waals surface area (Å²) in [6.45, 7) is 2.88. The van der Waals surface area contributed by atoms with E-state index in [4.69, 9.17) is 27.9 Å². The molecule has 0 spiro atoms. The van der Waals surface area contributed by atoms with Crippen LogP contribution in [0.3, 0.4) is 0 Å². The van der Waals surface area contributed by atoms with Crippen LogP contribution in [0.5, 0.6) is 0 Å². The molecule has 120 valence electrons. The zero-order valence-electron chi connectivity index (χ0n) is 12.2. The van der Waals surface area contributed by atoms with Crippen molar-refractivity contribution in [3.05, 3.63) is 22.3 Å². The van der Waals surface area contributed by atoms with Crippen LogP contribution >= 0.6 is 23.2 Å². The second-order valence-corrected chi connectivity index (χ2v) is 6.63. The van der Waals surface area contributed by atoms with Crippen LogP contribution in [0, 0.1) is 5.92 Å². The van der Waals surface area contributed by atoms with Crippen LogP contribution in [0.2, 0.25) is 10.0 Å². The van der Waals surface area contributed by atoms with Gasteiger partial charge in [0.15, 0.2) is 0 Å². The van der Waals surface area contributed by atoms with E-state index in [2.05, 4.69) is 10.3 Å². The van der Waals surface area contributed by atoms with E-state index < -0.39 is 0 Å². The van der Waals surface area contributed by atoms with Gasteiger partial charge in [-0.25, -0.2) is 4.98 Å². The van der Waals surface area contributed by atoms with Crippen molar-refractivity contribution in [3.63, 3.8) is 0 Å². The average molecular weight is 344 g/mol. The van der Waals surface area contributed by atoms with Crippen LogP contribution in [0.15, 0.2) is 12.3 Å². The number of hydrogen-bond donors (Lipinski definition) is 1. The van der Waals surface area contributed by atoms with Gasteiger partial charge in [0, 0.05) is 38.5 Å². The minimum absolute atomic E-state index is 0.0172. The number of halogens is 2. The van der Waals surface area contributed by atoms with E-state index in [-0.39, 0.29) is 17.9 Å². The van der Waals surface area contributed by atoms with Gasteiger partial charge in [0.2, 0.25) is 5.91 Å². The molecule has 2 saturated heterocycles. The van der Waals surface area contributed by atoms with Gasteiger partial charge in [0.05, 0.1) is 16.0 Å². The first kappa shape index (κ1) is 15.8. The lowest BCUT2D eigenvalue weighted by atomic mass is 10.1. The van der Waals surface area contributed by atoms with Gasteiger partial charge < -0.3 is 15.0 Å². The van der Waals surface area contributed by atoms with Crippen molar-refractivity contribution in [2.75, 3.05) is 31.2 Å². The number of rotatable bonds is 3. The lowest BCUT2D eigenvalue weighted by Crippen LogP contribution is -2.42. The van der Waals surface area contributed by atoms with Crippen LogP contribution in [0.25, 0.3) is 0 Å². The molecule has 7 heteroatoms. The Morgan fingerprint density at radius 1 is 1.32 bits per heavy atom. The van der Waals surface area contributed by atoms with E-state index in [1.807, 2.05) is 4.90 Å². The molecule has 3 rings (SSSR count). The Hall–Kier alpha value is -1.04. The summed E-state index contributed by atoms with van der Waals surface area (Å²) in [7, 11) is 0. The third kappa shape index (κ3) is 3.65. The highest BCUT2D eigenvalue weighted by atomic mass is 35.5. The zero-order chi connectivity index (χ0) is 15.5. The second kappa shape index (κ2) is 7.02. The van der Waals surface area contributed by atoms with Crippen LogP contribution in [0.1, 0.15) is 19.3 Å². The molecular formula is C15H19Cl2N3O2. The van der Waals surface area contributed by atoms with Gasteiger partial charge in [-0.15, -0.1) is 0 Å². The predicted molar refractivity (Wildman–Crippen MR) is 86.6 cm³/mol. The van der Waals surface area contributed by atoms with Crippen LogP contribution in [-0.2, 0) is 9.53 Å². The van der Waals surface area contributed by atoms with E-state index >= 15 is 0 Å². The first-order valence-corrected chi connectivity index (χ1v) is 8.33. The maximum atomic E-state index is 12.4. The third-order valence-electron chi connectivity index (χ3n) is 4.21. The second-order valence-electron chi connectivity index (χ2n) is 5.79. The van der Waals surface area contributed by atoms with Gasteiger partial charge in [-0.3, -0.25) is 4.79 Å². The number of carbonyl (C=O) groups is 1. The normalized spacial score (nSPS) is 22.8. The summed E-state index contributed by atoms with van der Waals surface area (Å²) in [4.78, 5) is 18.7. The molecule has 2 fully saturated rings. The molecule has 0 aliphatic carbocycles. The van der Waals surface area contributed by atoms with Crippen molar-refractivity contribution in [2.45, 2.75) is 25.3 Å². The van der Waals surface area contributed by atoms with Crippen molar-refractivity contribution in [2.24, 2.45) is 5.92 Å². The summed E-state index contributed by atoms with van der Waals surface area (Å²) in [6, 6.07) is 1.92. The summed E-state index contributed by atoms with van der Waals surface area (Å²) >= 11 is 12.1. The highest BCUT2D eigenvalue weighted by Gasteiger charge is 2.31. The Labute approximate surface area is 139 Å². The van der Waals surface area contributed by atoms with Crippen LogP contribution in [-0.4, -0.2) is 43.2 Å². The Morgan fingerprint density at radius 3 is 2.82 bits per heavy atom. The number of nitrogens with zero attached hydrogens (tertiary/aromatic N) is 2. The Bertz CT molecular complexity index is 550. The predicted octanol–water partition coefficient (Wildman–Crippen LogP) is 2.51. The van der Waals surface area contributed by atoms with Crippen molar-refractivity contribution < 1.29 is 9.53 Å². The van der Waals surface area contributed by atoms with Crippen LogP contribution < -0.4 is 10.2 Å².